The predicted molar refractivity (Wildman–Crippen MR) is 81.9 cm³/mol. The summed E-state index contributed by atoms with van der Waals surface area (Å²) in [7, 11) is -3.47. The van der Waals surface area contributed by atoms with Crippen LogP contribution in [0.2, 0.25) is 0 Å². The number of ether oxygens (including phenoxy) is 1. The van der Waals surface area contributed by atoms with Crippen molar-refractivity contribution >= 4 is 15.9 Å². The molecule has 0 spiro atoms. The Morgan fingerprint density at radius 1 is 1.10 bits per heavy atom. The molecule has 2 aliphatic heterocycles. The molecule has 0 atom stereocenters. The maximum Gasteiger partial charge on any atom is 0.304 e. The normalized spacial score (nSPS) is 20.9. The van der Waals surface area contributed by atoms with E-state index in [4.69, 9.17) is 4.74 Å². The quantitative estimate of drug-likeness (QED) is 0.827. The van der Waals surface area contributed by atoms with E-state index in [-0.39, 0.29) is 0 Å². The van der Waals surface area contributed by atoms with Crippen LogP contribution < -0.4 is 9.04 Å². The lowest BCUT2D eigenvalue weighted by Gasteiger charge is -2.38. The van der Waals surface area contributed by atoms with Gasteiger partial charge in [0.15, 0.2) is 0 Å². The fraction of sp³-hybridized carbons (Fsp3) is 0.571. The molecule has 2 heterocycles. The molecular weight excluding hydrogens is 290 g/mol. The summed E-state index contributed by atoms with van der Waals surface area (Å²) < 4.78 is 34.4. The molecule has 1 aromatic rings. The zero-order valence-corrected chi connectivity index (χ0v) is 13.1. The second-order valence-corrected chi connectivity index (χ2v) is 7.08. The molecule has 0 unspecified atom stereocenters. The van der Waals surface area contributed by atoms with Crippen molar-refractivity contribution in [3.63, 3.8) is 0 Å². The number of para-hydroxylation sites is 2. The van der Waals surface area contributed by atoms with Crippen molar-refractivity contribution < 1.29 is 13.2 Å². The molecule has 7 heteroatoms. The van der Waals surface area contributed by atoms with Crippen molar-refractivity contribution in [2.24, 2.45) is 0 Å². The fourth-order valence-electron chi connectivity index (χ4n) is 2.80. The Morgan fingerprint density at radius 3 is 2.52 bits per heavy atom. The van der Waals surface area contributed by atoms with E-state index in [1.165, 1.54) is 4.31 Å². The van der Waals surface area contributed by atoms with Gasteiger partial charge in [-0.2, -0.15) is 12.7 Å². The number of nitrogens with zero attached hydrogens (tertiary/aromatic N) is 3. The minimum Gasteiger partial charge on any atom is -0.489 e. The molecule has 0 bridgehead atoms. The lowest BCUT2D eigenvalue weighted by molar-refractivity contribution is 0.195. The van der Waals surface area contributed by atoms with Crippen molar-refractivity contribution in [1.29, 1.82) is 0 Å². The Morgan fingerprint density at radius 2 is 1.81 bits per heavy atom. The van der Waals surface area contributed by atoms with Crippen LogP contribution in [0, 0.1) is 0 Å². The van der Waals surface area contributed by atoms with E-state index in [1.54, 1.807) is 10.4 Å². The number of fused-ring (bicyclic) bond motifs is 1. The van der Waals surface area contributed by atoms with Crippen molar-refractivity contribution in [2.45, 2.75) is 6.92 Å². The first-order valence-electron chi connectivity index (χ1n) is 7.35. The molecule has 0 radical (unpaired) electrons. The first-order chi connectivity index (χ1) is 10.1. The Kier molecular flexibility index (Phi) is 4.05. The van der Waals surface area contributed by atoms with Gasteiger partial charge in [0.25, 0.3) is 0 Å². The largest absolute Gasteiger partial charge is 0.489 e. The van der Waals surface area contributed by atoms with Gasteiger partial charge < -0.3 is 9.64 Å². The topological polar surface area (TPSA) is 53.1 Å². The molecule has 0 aliphatic carbocycles. The molecule has 116 valence electrons. The lowest BCUT2D eigenvalue weighted by atomic mass is 10.2. The number of piperazine rings is 1. The standard InChI is InChI=1S/C14H21N3O3S/c1-2-15-7-9-16(10-8-15)21(18,19)17-11-12-20-14-6-4-3-5-13(14)17/h3-6H,2,7-12H2,1H3. The first-order valence-corrected chi connectivity index (χ1v) is 8.74. The van der Waals surface area contributed by atoms with Gasteiger partial charge in [-0.3, -0.25) is 4.31 Å². The number of anilines is 1. The highest BCUT2D eigenvalue weighted by atomic mass is 32.2. The molecule has 2 aliphatic rings. The summed E-state index contributed by atoms with van der Waals surface area (Å²) >= 11 is 0. The summed E-state index contributed by atoms with van der Waals surface area (Å²) in [6, 6.07) is 7.31. The number of benzene rings is 1. The second kappa shape index (κ2) is 5.82. The molecule has 1 fully saturated rings. The average Bonchev–Trinajstić information content (AvgIpc) is 2.54. The summed E-state index contributed by atoms with van der Waals surface area (Å²) in [5.41, 5.74) is 0.640. The highest BCUT2D eigenvalue weighted by molar-refractivity contribution is 7.90. The Hall–Kier alpha value is -1.31. The lowest BCUT2D eigenvalue weighted by Crippen LogP contribution is -2.54. The third-order valence-corrected chi connectivity index (χ3v) is 6.02. The summed E-state index contributed by atoms with van der Waals surface area (Å²) in [5.74, 6) is 0.638. The number of hydrogen-bond acceptors (Lipinski definition) is 4. The van der Waals surface area contributed by atoms with Crippen molar-refractivity contribution in [1.82, 2.24) is 9.21 Å². The van der Waals surface area contributed by atoms with E-state index < -0.39 is 10.2 Å². The summed E-state index contributed by atoms with van der Waals surface area (Å²) in [4.78, 5) is 2.26. The van der Waals surface area contributed by atoms with E-state index in [0.717, 1.165) is 19.6 Å². The molecule has 0 N–H and O–H groups in total. The van der Waals surface area contributed by atoms with Gasteiger partial charge in [-0.15, -0.1) is 0 Å². The molecule has 3 rings (SSSR count). The minimum atomic E-state index is -3.47. The Bertz CT molecular complexity index is 597. The first kappa shape index (κ1) is 14.6. The summed E-state index contributed by atoms with van der Waals surface area (Å²) in [6.45, 7) is 6.52. The van der Waals surface area contributed by atoms with Crippen LogP contribution in [0.4, 0.5) is 5.69 Å². The van der Waals surface area contributed by atoms with Gasteiger partial charge in [-0.25, -0.2) is 0 Å². The smallest absolute Gasteiger partial charge is 0.304 e. The molecule has 0 aromatic heterocycles. The third-order valence-electron chi connectivity index (χ3n) is 4.07. The van der Waals surface area contributed by atoms with E-state index in [1.807, 2.05) is 18.2 Å². The Labute approximate surface area is 126 Å². The van der Waals surface area contributed by atoms with Gasteiger partial charge >= 0.3 is 10.2 Å². The zero-order chi connectivity index (χ0) is 14.9. The SMILES string of the molecule is CCN1CCN(S(=O)(=O)N2CCOc3ccccc32)CC1. The van der Waals surface area contributed by atoms with Crippen LogP contribution in [0.5, 0.6) is 5.75 Å². The molecule has 0 saturated carbocycles. The Balaban J connectivity index is 1.83. The average molecular weight is 311 g/mol. The molecule has 1 saturated heterocycles. The number of rotatable bonds is 3. The highest BCUT2D eigenvalue weighted by Gasteiger charge is 2.35. The van der Waals surface area contributed by atoms with Gasteiger partial charge in [-0.1, -0.05) is 19.1 Å². The van der Waals surface area contributed by atoms with Crippen LogP contribution in [0.15, 0.2) is 24.3 Å². The van der Waals surface area contributed by atoms with E-state index in [0.29, 0.717) is 37.7 Å². The predicted octanol–water partition coefficient (Wildman–Crippen LogP) is 0.768. The number of hydrogen-bond donors (Lipinski definition) is 0. The van der Waals surface area contributed by atoms with Crippen molar-refractivity contribution in [3.8, 4) is 5.75 Å². The van der Waals surface area contributed by atoms with E-state index in [2.05, 4.69) is 11.8 Å². The monoisotopic (exact) mass is 311 g/mol. The highest BCUT2D eigenvalue weighted by Crippen LogP contribution is 2.33. The molecular formula is C14H21N3O3S. The molecule has 0 amide bonds. The van der Waals surface area contributed by atoms with Crippen LogP contribution in [0.3, 0.4) is 0 Å². The van der Waals surface area contributed by atoms with Gasteiger partial charge in [0, 0.05) is 26.2 Å². The maximum atomic E-state index is 12.9. The van der Waals surface area contributed by atoms with Gasteiger partial charge in [0.2, 0.25) is 0 Å². The zero-order valence-electron chi connectivity index (χ0n) is 12.2. The fourth-order valence-corrected chi connectivity index (χ4v) is 4.41. The van der Waals surface area contributed by atoms with Crippen LogP contribution in [0.1, 0.15) is 6.92 Å². The maximum absolute atomic E-state index is 12.9. The van der Waals surface area contributed by atoms with Gasteiger partial charge in [-0.05, 0) is 18.7 Å². The molecule has 6 nitrogen and oxygen atoms in total. The summed E-state index contributed by atoms with van der Waals surface area (Å²) in [5, 5.41) is 0. The van der Waals surface area contributed by atoms with Gasteiger partial charge in [0.1, 0.15) is 12.4 Å². The van der Waals surface area contributed by atoms with E-state index in [9.17, 15) is 8.42 Å². The molecule has 21 heavy (non-hydrogen) atoms. The molecule has 1 aromatic carbocycles. The van der Waals surface area contributed by atoms with Crippen LogP contribution in [-0.2, 0) is 10.2 Å². The number of likely N-dealkylation sites (N-methyl/N-ethyl adjacent to an activating group) is 1. The van der Waals surface area contributed by atoms with E-state index >= 15 is 0 Å². The third kappa shape index (κ3) is 2.73. The van der Waals surface area contributed by atoms with Crippen molar-refractivity contribution in [2.75, 3.05) is 50.2 Å². The minimum absolute atomic E-state index is 0.368. The van der Waals surface area contributed by atoms with Crippen LogP contribution in [0.25, 0.3) is 0 Å². The van der Waals surface area contributed by atoms with Crippen LogP contribution >= 0.6 is 0 Å². The van der Waals surface area contributed by atoms with Crippen molar-refractivity contribution in [3.05, 3.63) is 24.3 Å². The second-order valence-electron chi connectivity index (χ2n) is 5.23. The summed E-state index contributed by atoms with van der Waals surface area (Å²) in [6.07, 6.45) is 0. The van der Waals surface area contributed by atoms with Crippen LogP contribution in [-0.4, -0.2) is 63.5 Å². The van der Waals surface area contributed by atoms with Gasteiger partial charge in [0.05, 0.1) is 12.2 Å².